The molecule has 3 rings (SSSR count). The average Bonchev–Trinajstić information content (AvgIpc) is 2.87. The molecule has 0 spiro atoms. The van der Waals surface area contributed by atoms with E-state index in [0.29, 0.717) is 10.9 Å². The maximum Gasteiger partial charge on any atom is 0.338 e. The fourth-order valence-corrected chi connectivity index (χ4v) is 4.08. The molecule has 8 nitrogen and oxygen atoms in total. The highest BCUT2D eigenvalue weighted by atomic mass is 32.2. The Hall–Kier alpha value is -2.68. The van der Waals surface area contributed by atoms with E-state index in [1.54, 1.807) is 39.0 Å². The molecule has 136 valence electrons. The molecule has 1 saturated heterocycles. The molecule has 2 aliphatic heterocycles. The summed E-state index contributed by atoms with van der Waals surface area (Å²) in [6.07, 6.45) is 0. The van der Waals surface area contributed by atoms with Gasteiger partial charge in [-0.2, -0.15) is 0 Å². The number of amidine groups is 1. The molecule has 9 heteroatoms. The predicted octanol–water partition coefficient (Wildman–Crippen LogP) is 2.81. The molecule has 1 aromatic rings. The second-order valence-corrected chi connectivity index (χ2v) is 7.11. The molecule has 2 heterocycles. The second kappa shape index (κ2) is 6.91. The maximum absolute atomic E-state index is 12.7. The Balaban J connectivity index is 2.23. The van der Waals surface area contributed by atoms with Crippen molar-refractivity contribution < 1.29 is 19.2 Å². The van der Waals surface area contributed by atoms with Crippen LogP contribution in [0.2, 0.25) is 0 Å². The highest BCUT2D eigenvalue weighted by Gasteiger charge is 2.47. The fraction of sp³-hybridized carbons (Fsp3) is 0.353. The van der Waals surface area contributed by atoms with Gasteiger partial charge in [0.25, 0.3) is 5.69 Å². The zero-order valence-corrected chi connectivity index (χ0v) is 15.3. The van der Waals surface area contributed by atoms with Crippen LogP contribution >= 0.6 is 11.8 Å². The van der Waals surface area contributed by atoms with Crippen LogP contribution in [0.3, 0.4) is 0 Å². The molecule has 0 radical (unpaired) electrons. The quantitative estimate of drug-likeness (QED) is 0.455. The monoisotopic (exact) mass is 375 g/mol. The molecule has 0 saturated carbocycles. The number of aliphatic imine (C=N–C) groups is 1. The number of nitrogens with zero attached hydrogens (tertiary/aromatic N) is 3. The number of nitro benzene ring substituents is 1. The summed E-state index contributed by atoms with van der Waals surface area (Å²) in [5.74, 6) is -0.875. The minimum absolute atomic E-state index is 0.146. The Morgan fingerprint density at radius 2 is 2.12 bits per heavy atom. The molecule has 2 aliphatic rings. The summed E-state index contributed by atoms with van der Waals surface area (Å²) in [6, 6.07) is 5.16. The summed E-state index contributed by atoms with van der Waals surface area (Å²) in [7, 11) is 0. The molecule has 0 N–H and O–H groups in total. The number of amides is 1. The van der Waals surface area contributed by atoms with Crippen molar-refractivity contribution in [2.24, 2.45) is 4.99 Å². The van der Waals surface area contributed by atoms with E-state index in [0.717, 1.165) is 0 Å². The Kier molecular flexibility index (Phi) is 4.82. The van der Waals surface area contributed by atoms with Gasteiger partial charge in [0, 0.05) is 6.07 Å². The smallest absolute Gasteiger partial charge is 0.338 e. The first-order valence-electron chi connectivity index (χ1n) is 8.06. The number of allylic oxidation sites excluding steroid dienone is 1. The van der Waals surface area contributed by atoms with E-state index in [-0.39, 0.29) is 34.6 Å². The second-order valence-electron chi connectivity index (χ2n) is 5.80. The molecule has 26 heavy (non-hydrogen) atoms. The number of para-hydroxylation sites is 1. The number of hydrogen-bond acceptors (Lipinski definition) is 7. The van der Waals surface area contributed by atoms with Gasteiger partial charge in [0.2, 0.25) is 5.91 Å². The first-order chi connectivity index (χ1) is 12.4. The lowest BCUT2D eigenvalue weighted by Gasteiger charge is -2.32. The fourth-order valence-electron chi connectivity index (χ4n) is 3.05. The van der Waals surface area contributed by atoms with E-state index in [1.807, 2.05) is 0 Å². The zero-order valence-electron chi connectivity index (χ0n) is 14.5. The third-order valence-electron chi connectivity index (χ3n) is 4.18. The van der Waals surface area contributed by atoms with Gasteiger partial charge in [-0.15, -0.1) is 0 Å². The first kappa shape index (κ1) is 18.1. The molecule has 1 aromatic carbocycles. The van der Waals surface area contributed by atoms with Gasteiger partial charge in [0.05, 0.1) is 33.6 Å². The maximum atomic E-state index is 12.7. The molecular formula is C17H17N3O5S. The van der Waals surface area contributed by atoms with Crippen molar-refractivity contribution in [1.82, 2.24) is 4.90 Å². The van der Waals surface area contributed by atoms with E-state index in [2.05, 4.69) is 4.99 Å². The van der Waals surface area contributed by atoms with Crippen LogP contribution in [0.5, 0.6) is 0 Å². The summed E-state index contributed by atoms with van der Waals surface area (Å²) in [5.41, 5.74) is 0.640. The SMILES string of the molecule is CCOC(=O)C1=C(C)N=C2S[C@H](C)C(=O)N2[C@H]1c1ccccc1[N+](=O)[O-]. The minimum atomic E-state index is -0.937. The van der Waals surface area contributed by atoms with Crippen molar-refractivity contribution in [2.75, 3.05) is 6.61 Å². The van der Waals surface area contributed by atoms with Gasteiger partial charge >= 0.3 is 5.97 Å². The average molecular weight is 375 g/mol. The molecule has 0 unspecified atom stereocenters. The lowest BCUT2D eigenvalue weighted by atomic mass is 9.93. The number of fused-ring (bicyclic) bond motifs is 1. The lowest BCUT2D eigenvalue weighted by Crippen LogP contribution is -2.40. The van der Waals surface area contributed by atoms with Gasteiger partial charge in [0.15, 0.2) is 5.17 Å². The summed E-state index contributed by atoms with van der Waals surface area (Å²) in [5, 5.41) is 11.6. The Morgan fingerprint density at radius 1 is 1.42 bits per heavy atom. The molecule has 1 amide bonds. The summed E-state index contributed by atoms with van der Waals surface area (Å²) >= 11 is 1.27. The van der Waals surface area contributed by atoms with E-state index < -0.39 is 16.9 Å². The van der Waals surface area contributed by atoms with Crippen LogP contribution in [0.15, 0.2) is 40.5 Å². The number of thioether (sulfide) groups is 1. The van der Waals surface area contributed by atoms with Crippen molar-refractivity contribution in [3.05, 3.63) is 51.2 Å². The predicted molar refractivity (Wildman–Crippen MR) is 96.5 cm³/mol. The van der Waals surface area contributed by atoms with Crippen LogP contribution in [0.25, 0.3) is 0 Å². The van der Waals surface area contributed by atoms with Crippen LogP contribution in [0.4, 0.5) is 5.69 Å². The number of carbonyl (C=O) groups excluding carboxylic acids is 2. The molecule has 0 aromatic heterocycles. The van der Waals surface area contributed by atoms with E-state index in [9.17, 15) is 19.7 Å². The van der Waals surface area contributed by atoms with E-state index >= 15 is 0 Å². The Morgan fingerprint density at radius 3 is 2.77 bits per heavy atom. The highest BCUT2D eigenvalue weighted by molar-refractivity contribution is 8.15. The van der Waals surface area contributed by atoms with Gasteiger partial charge in [-0.3, -0.25) is 19.8 Å². The summed E-state index contributed by atoms with van der Waals surface area (Å²) < 4.78 is 5.13. The van der Waals surface area contributed by atoms with Gasteiger partial charge in [0.1, 0.15) is 6.04 Å². The number of esters is 1. The third-order valence-corrected chi connectivity index (χ3v) is 5.24. The minimum Gasteiger partial charge on any atom is -0.463 e. The standard InChI is InChI=1S/C17H17N3O5S/c1-4-25-16(22)13-9(2)18-17-19(15(21)10(3)26-17)14(13)11-7-5-6-8-12(11)20(23)24/h5-8,10,14H,4H2,1-3H3/t10-,14+/m1/s1. The van der Waals surface area contributed by atoms with E-state index in [4.69, 9.17) is 4.74 Å². The van der Waals surface area contributed by atoms with Crippen molar-refractivity contribution in [3.8, 4) is 0 Å². The molecule has 0 aliphatic carbocycles. The largest absolute Gasteiger partial charge is 0.463 e. The van der Waals surface area contributed by atoms with Crippen LogP contribution in [0, 0.1) is 10.1 Å². The first-order valence-corrected chi connectivity index (χ1v) is 8.94. The van der Waals surface area contributed by atoms with Crippen LogP contribution < -0.4 is 0 Å². The number of nitro groups is 1. The van der Waals surface area contributed by atoms with Gasteiger partial charge < -0.3 is 4.74 Å². The number of rotatable bonds is 4. The van der Waals surface area contributed by atoms with Crippen molar-refractivity contribution in [3.63, 3.8) is 0 Å². The number of benzene rings is 1. The highest BCUT2D eigenvalue weighted by Crippen LogP contribution is 2.45. The van der Waals surface area contributed by atoms with Crippen LogP contribution in [-0.2, 0) is 14.3 Å². The topological polar surface area (TPSA) is 102 Å². The van der Waals surface area contributed by atoms with Crippen LogP contribution in [0.1, 0.15) is 32.4 Å². The van der Waals surface area contributed by atoms with Gasteiger partial charge in [-0.1, -0.05) is 23.9 Å². The third kappa shape index (κ3) is 2.88. The molecule has 2 atom stereocenters. The van der Waals surface area contributed by atoms with Crippen molar-refractivity contribution >= 4 is 34.5 Å². The van der Waals surface area contributed by atoms with Crippen molar-refractivity contribution in [1.29, 1.82) is 0 Å². The number of carbonyl (C=O) groups is 2. The van der Waals surface area contributed by atoms with Gasteiger partial charge in [-0.05, 0) is 26.8 Å². The summed E-state index contributed by atoms with van der Waals surface area (Å²) in [4.78, 5) is 42.1. The lowest BCUT2D eigenvalue weighted by molar-refractivity contribution is -0.385. The molecule has 1 fully saturated rings. The Labute approximate surface area is 154 Å². The number of ether oxygens (including phenoxy) is 1. The molecule has 0 bridgehead atoms. The Bertz CT molecular complexity index is 864. The zero-order chi connectivity index (χ0) is 19.0. The van der Waals surface area contributed by atoms with E-state index in [1.165, 1.54) is 22.7 Å². The normalized spacial score (nSPS) is 22.2. The summed E-state index contributed by atoms with van der Waals surface area (Å²) in [6.45, 7) is 5.20. The van der Waals surface area contributed by atoms with Gasteiger partial charge in [-0.25, -0.2) is 9.79 Å². The van der Waals surface area contributed by atoms with Crippen LogP contribution in [-0.4, -0.2) is 38.7 Å². The van der Waals surface area contributed by atoms with Crippen molar-refractivity contribution in [2.45, 2.75) is 32.1 Å². The number of hydrogen-bond donors (Lipinski definition) is 0. The molecular weight excluding hydrogens is 358 g/mol.